The number of rotatable bonds is 4. The van der Waals surface area contributed by atoms with Gasteiger partial charge in [-0.1, -0.05) is 29.8 Å². The largest absolute Gasteiger partial charge is 0.353 e. The first-order valence-corrected chi connectivity index (χ1v) is 10.4. The normalized spacial score (nSPS) is 16.8. The number of carbonyl (C=O) groups excluding carboxylic acids is 2. The fourth-order valence-corrected chi connectivity index (χ4v) is 4.46. The number of aromatic nitrogens is 2. The lowest BCUT2D eigenvalue weighted by atomic mass is 10.1. The zero-order valence-corrected chi connectivity index (χ0v) is 17.2. The maximum absolute atomic E-state index is 13.1. The van der Waals surface area contributed by atoms with Crippen molar-refractivity contribution in [2.24, 2.45) is 0 Å². The number of thiophene rings is 1. The molecule has 2 amide bonds. The van der Waals surface area contributed by atoms with E-state index in [1.807, 2.05) is 36.6 Å². The van der Waals surface area contributed by atoms with Crippen LogP contribution in [0.2, 0.25) is 0 Å². The summed E-state index contributed by atoms with van der Waals surface area (Å²) < 4.78 is 1.49. The molecule has 1 aromatic carbocycles. The van der Waals surface area contributed by atoms with Crippen LogP contribution in [-0.4, -0.2) is 45.4 Å². The summed E-state index contributed by atoms with van der Waals surface area (Å²) in [4.78, 5) is 44.1. The smallest absolute Gasteiger partial charge is 0.262 e. The second-order valence-electron chi connectivity index (χ2n) is 7.24. The molecule has 29 heavy (non-hydrogen) atoms. The van der Waals surface area contributed by atoms with Crippen LogP contribution in [0.15, 0.2) is 40.8 Å². The lowest BCUT2D eigenvalue weighted by Gasteiger charge is -2.32. The number of fused-ring (bicyclic) bond motifs is 1. The number of hydrogen-bond donors (Lipinski definition) is 1. The highest BCUT2D eigenvalue weighted by molar-refractivity contribution is 7.17. The monoisotopic (exact) mass is 410 g/mol. The number of nitrogens with zero attached hydrogens (tertiary/aromatic N) is 3. The van der Waals surface area contributed by atoms with Crippen molar-refractivity contribution >= 4 is 33.4 Å². The molecule has 0 spiro atoms. The Balaban J connectivity index is 1.58. The van der Waals surface area contributed by atoms with Gasteiger partial charge < -0.3 is 10.2 Å². The fourth-order valence-electron chi connectivity index (χ4n) is 3.56. The Kier molecular flexibility index (Phi) is 5.19. The van der Waals surface area contributed by atoms with E-state index in [1.54, 1.807) is 11.8 Å². The number of carbonyl (C=O) groups is 2. The molecule has 3 heterocycles. The van der Waals surface area contributed by atoms with Gasteiger partial charge in [0, 0.05) is 37.0 Å². The first-order valence-electron chi connectivity index (χ1n) is 9.56. The summed E-state index contributed by atoms with van der Waals surface area (Å²) in [6.07, 6.45) is 1.65. The maximum atomic E-state index is 13.1. The standard InChI is InChI=1S/C21H22N4O3S/c1-13-3-5-15(6-4-13)16-11-29-20-18(16)21(28)24(12-23-20)9-7-17(26)25-10-8-22-19(27)14(25)2/h3-6,11-12,14H,7-10H2,1-2H3,(H,22,27). The third-order valence-electron chi connectivity index (χ3n) is 5.31. The molecule has 150 valence electrons. The second-order valence-corrected chi connectivity index (χ2v) is 8.10. The number of aryl methyl sites for hydroxylation is 2. The van der Waals surface area contributed by atoms with Crippen LogP contribution in [0.4, 0.5) is 0 Å². The van der Waals surface area contributed by atoms with Crippen molar-refractivity contribution < 1.29 is 9.59 Å². The van der Waals surface area contributed by atoms with E-state index in [-0.39, 0.29) is 30.3 Å². The molecule has 2 aromatic heterocycles. The molecule has 3 aromatic rings. The van der Waals surface area contributed by atoms with Gasteiger partial charge >= 0.3 is 0 Å². The van der Waals surface area contributed by atoms with E-state index in [4.69, 9.17) is 0 Å². The molecular formula is C21H22N4O3S. The van der Waals surface area contributed by atoms with Gasteiger partial charge in [0.1, 0.15) is 10.9 Å². The Morgan fingerprint density at radius 3 is 2.79 bits per heavy atom. The summed E-state index contributed by atoms with van der Waals surface area (Å²) in [6.45, 7) is 4.91. The van der Waals surface area contributed by atoms with Gasteiger partial charge in [0.2, 0.25) is 11.8 Å². The molecular weight excluding hydrogens is 388 g/mol. The number of hydrogen-bond acceptors (Lipinski definition) is 5. The van der Waals surface area contributed by atoms with Crippen molar-refractivity contribution in [2.75, 3.05) is 13.1 Å². The molecule has 0 aliphatic carbocycles. The van der Waals surface area contributed by atoms with E-state index < -0.39 is 6.04 Å². The van der Waals surface area contributed by atoms with Crippen molar-refractivity contribution in [1.29, 1.82) is 0 Å². The van der Waals surface area contributed by atoms with Crippen molar-refractivity contribution in [2.45, 2.75) is 32.9 Å². The van der Waals surface area contributed by atoms with E-state index in [9.17, 15) is 14.4 Å². The highest BCUT2D eigenvalue weighted by atomic mass is 32.1. The highest BCUT2D eigenvalue weighted by Crippen LogP contribution is 2.30. The van der Waals surface area contributed by atoms with Gasteiger partial charge in [-0.25, -0.2) is 4.98 Å². The minimum atomic E-state index is -0.487. The lowest BCUT2D eigenvalue weighted by molar-refractivity contribution is -0.142. The molecule has 1 aliphatic rings. The molecule has 1 N–H and O–H groups in total. The lowest BCUT2D eigenvalue weighted by Crippen LogP contribution is -2.56. The highest BCUT2D eigenvalue weighted by Gasteiger charge is 2.28. The van der Waals surface area contributed by atoms with Crippen LogP contribution in [0.3, 0.4) is 0 Å². The van der Waals surface area contributed by atoms with E-state index in [2.05, 4.69) is 10.3 Å². The molecule has 0 bridgehead atoms. The number of nitrogens with one attached hydrogen (secondary N) is 1. The molecule has 7 nitrogen and oxygen atoms in total. The Hall–Kier alpha value is -3.00. The molecule has 0 radical (unpaired) electrons. The molecule has 1 atom stereocenters. The molecule has 1 aliphatic heterocycles. The van der Waals surface area contributed by atoms with Crippen LogP contribution < -0.4 is 10.9 Å². The molecule has 1 unspecified atom stereocenters. The molecule has 8 heteroatoms. The third-order valence-corrected chi connectivity index (χ3v) is 6.20. The molecule has 1 fully saturated rings. The first kappa shape index (κ1) is 19.3. The average molecular weight is 410 g/mol. The second kappa shape index (κ2) is 7.79. The predicted octanol–water partition coefficient (Wildman–Crippen LogP) is 2.17. The summed E-state index contributed by atoms with van der Waals surface area (Å²) in [5.41, 5.74) is 2.85. The SMILES string of the molecule is Cc1ccc(-c2csc3ncn(CCC(=O)N4CCNC(=O)C4C)c(=O)c23)cc1. The molecule has 0 saturated carbocycles. The van der Waals surface area contributed by atoms with Gasteiger partial charge in [-0.05, 0) is 19.4 Å². The Labute approximate surface area is 172 Å². The van der Waals surface area contributed by atoms with Crippen LogP contribution in [0.5, 0.6) is 0 Å². The Morgan fingerprint density at radius 1 is 1.28 bits per heavy atom. The molecule has 1 saturated heterocycles. The Bertz CT molecular complexity index is 1130. The van der Waals surface area contributed by atoms with Gasteiger partial charge in [0.15, 0.2) is 0 Å². The summed E-state index contributed by atoms with van der Waals surface area (Å²) in [6, 6.07) is 7.54. The summed E-state index contributed by atoms with van der Waals surface area (Å²) in [5, 5.41) is 5.28. The minimum Gasteiger partial charge on any atom is -0.353 e. The van der Waals surface area contributed by atoms with Crippen LogP contribution in [0.25, 0.3) is 21.3 Å². The van der Waals surface area contributed by atoms with Crippen molar-refractivity contribution in [1.82, 2.24) is 19.8 Å². The predicted molar refractivity (Wildman–Crippen MR) is 113 cm³/mol. The number of benzene rings is 1. The zero-order valence-electron chi connectivity index (χ0n) is 16.3. The maximum Gasteiger partial charge on any atom is 0.262 e. The average Bonchev–Trinajstić information content (AvgIpc) is 3.15. The Morgan fingerprint density at radius 2 is 2.03 bits per heavy atom. The summed E-state index contributed by atoms with van der Waals surface area (Å²) >= 11 is 1.44. The van der Waals surface area contributed by atoms with E-state index >= 15 is 0 Å². The van der Waals surface area contributed by atoms with Crippen LogP contribution in [0.1, 0.15) is 18.9 Å². The molecule has 4 rings (SSSR count). The summed E-state index contributed by atoms with van der Waals surface area (Å²) in [5.74, 6) is -0.283. The van der Waals surface area contributed by atoms with Crippen molar-refractivity contribution in [3.8, 4) is 11.1 Å². The first-order chi connectivity index (χ1) is 14.0. The number of piperazine rings is 1. The van der Waals surface area contributed by atoms with Crippen LogP contribution in [0, 0.1) is 6.92 Å². The summed E-state index contributed by atoms with van der Waals surface area (Å²) in [7, 11) is 0. The van der Waals surface area contributed by atoms with Gasteiger partial charge in [-0.3, -0.25) is 19.0 Å². The van der Waals surface area contributed by atoms with E-state index in [0.717, 1.165) is 16.7 Å². The van der Waals surface area contributed by atoms with Crippen LogP contribution >= 0.6 is 11.3 Å². The van der Waals surface area contributed by atoms with E-state index in [1.165, 1.54) is 22.2 Å². The van der Waals surface area contributed by atoms with E-state index in [0.29, 0.717) is 23.3 Å². The zero-order chi connectivity index (χ0) is 20.5. The van der Waals surface area contributed by atoms with Crippen molar-refractivity contribution in [3.63, 3.8) is 0 Å². The van der Waals surface area contributed by atoms with Gasteiger partial charge in [-0.2, -0.15) is 0 Å². The number of amides is 2. The van der Waals surface area contributed by atoms with Gasteiger partial charge in [-0.15, -0.1) is 11.3 Å². The van der Waals surface area contributed by atoms with Crippen LogP contribution in [-0.2, 0) is 16.1 Å². The third kappa shape index (κ3) is 3.67. The fraction of sp³-hybridized carbons (Fsp3) is 0.333. The van der Waals surface area contributed by atoms with Crippen molar-refractivity contribution in [3.05, 3.63) is 51.9 Å². The minimum absolute atomic E-state index is 0.136. The quantitative estimate of drug-likeness (QED) is 0.714. The van der Waals surface area contributed by atoms with Gasteiger partial charge in [0.25, 0.3) is 5.56 Å². The topological polar surface area (TPSA) is 84.3 Å². The van der Waals surface area contributed by atoms with Gasteiger partial charge in [0.05, 0.1) is 11.7 Å².